The predicted octanol–water partition coefficient (Wildman–Crippen LogP) is 0.302. The molecule has 1 unspecified atom stereocenters. The first-order valence-electron chi connectivity index (χ1n) is 10.2. The van der Waals surface area contributed by atoms with Crippen LogP contribution in [0.25, 0.3) is 0 Å². The minimum absolute atomic E-state index is 0.0545. The molecule has 0 aromatic heterocycles. The second-order valence-electron chi connectivity index (χ2n) is 8.09. The van der Waals surface area contributed by atoms with Crippen molar-refractivity contribution in [3.8, 4) is 0 Å². The Bertz CT molecular complexity index is 937. The second-order valence-corrected chi connectivity index (χ2v) is 8.09. The monoisotopic (exact) mass is 412 g/mol. The smallest absolute Gasteiger partial charge is 0.262 e. The van der Waals surface area contributed by atoms with Gasteiger partial charge in [0.05, 0.1) is 11.1 Å². The highest BCUT2D eigenvalue weighted by atomic mass is 16.2. The lowest BCUT2D eigenvalue weighted by atomic mass is 10.0. The van der Waals surface area contributed by atoms with Gasteiger partial charge in [-0.25, -0.2) is 0 Å². The molecule has 1 aromatic carbocycles. The molecular weight excluding hydrogens is 388 g/mol. The number of rotatable bonds is 5. The van der Waals surface area contributed by atoms with Crippen LogP contribution in [0, 0.1) is 0 Å². The number of nitrogens with one attached hydrogen (secondary N) is 2. The first kappa shape index (κ1) is 20.2. The van der Waals surface area contributed by atoms with Gasteiger partial charge in [0.25, 0.3) is 17.7 Å². The van der Waals surface area contributed by atoms with E-state index in [0.717, 1.165) is 24.5 Å². The van der Waals surface area contributed by atoms with Crippen molar-refractivity contribution in [1.82, 2.24) is 20.4 Å². The molecule has 3 aliphatic rings. The molecule has 0 aliphatic carbocycles. The van der Waals surface area contributed by atoms with E-state index in [1.165, 1.54) is 31.0 Å². The molecule has 9 nitrogen and oxygen atoms in total. The van der Waals surface area contributed by atoms with Crippen LogP contribution in [0.4, 0.5) is 0 Å². The summed E-state index contributed by atoms with van der Waals surface area (Å²) in [5.41, 5.74) is 0.546. The Morgan fingerprint density at radius 2 is 1.83 bits per heavy atom. The summed E-state index contributed by atoms with van der Waals surface area (Å²) in [4.78, 5) is 64.9. The summed E-state index contributed by atoms with van der Waals surface area (Å²) in [5.74, 6) is -2.60. The first-order valence-corrected chi connectivity index (χ1v) is 10.2. The van der Waals surface area contributed by atoms with Gasteiger partial charge in [-0.05, 0) is 57.5 Å². The van der Waals surface area contributed by atoms with Crippen LogP contribution in [0.1, 0.15) is 63.7 Å². The van der Waals surface area contributed by atoms with Gasteiger partial charge in [0.1, 0.15) is 6.04 Å². The number of carbonyl (C=O) groups is 5. The summed E-state index contributed by atoms with van der Waals surface area (Å²) in [6.45, 7) is 4.76. The second kappa shape index (κ2) is 7.98. The molecule has 9 heteroatoms. The van der Waals surface area contributed by atoms with Gasteiger partial charge in [0, 0.05) is 24.6 Å². The highest BCUT2D eigenvalue weighted by molar-refractivity contribution is 6.24. The number of carbonyl (C=O) groups excluding carboxylic acids is 5. The number of imide groups is 2. The zero-order valence-corrected chi connectivity index (χ0v) is 16.8. The van der Waals surface area contributed by atoms with Gasteiger partial charge in [-0.1, -0.05) is 0 Å². The van der Waals surface area contributed by atoms with Gasteiger partial charge in [-0.15, -0.1) is 0 Å². The van der Waals surface area contributed by atoms with E-state index in [4.69, 9.17) is 0 Å². The molecule has 0 spiro atoms. The largest absolute Gasteiger partial charge is 0.348 e. The van der Waals surface area contributed by atoms with E-state index in [1.807, 2.05) is 6.92 Å². The van der Waals surface area contributed by atoms with Gasteiger partial charge in [0.15, 0.2) is 0 Å². The number of amides is 5. The molecule has 4 rings (SSSR count). The lowest BCUT2D eigenvalue weighted by Gasteiger charge is -2.27. The third-order valence-corrected chi connectivity index (χ3v) is 5.81. The molecule has 1 aromatic rings. The van der Waals surface area contributed by atoms with Gasteiger partial charge >= 0.3 is 0 Å². The van der Waals surface area contributed by atoms with E-state index in [0.29, 0.717) is 0 Å². The van der Waals surface area contributed by atoms with Crippen molar-refractivity contribution in [1.29, 1.82) is 0 Å². The van der Waals surface area contributed by atoms with Crippen molar-refractivity contribution < 1.29 is 24.0 Å². The number of piperidine rings is 1. The van der Waals surface area contributed by atoms with Gasteiger partial charge in [-0.3, -0.25) is 34.2 Å². The van der Waals surface area contributed by atoms with E-state index in [-0.39, 0.29) is 41.5 Å². The number of likely N-dealkylation sites (tertiary alicyclic amines) is 1. The van der Waals surface area contributed by atoms with Crippen molar-refractivity contribution in [3.05, 3.63) is 34.9 Å². The third kappa shape index (κ3) is 3.72. The molecule has 3 aliphatic heterocycles. The van der Waals surface area contributed by atoms with Crippen LogP contribution >= 0.6 is 0 Å². The number of hydrogen-bond acceptors (Lipinski definition) is 6. The van der Waals surface area contributed by atoms with Crippen LogP contribution in [-0.4, -0.2) is 71.1 Å². The lowest BCUT2D eigenvalue weighted by Crippen LogP contribution is -2.54. The molecule has 0 bridgehead atoms. The van der Waals surface area contributed by atoms with Gasteiger partial charge in [0.2, 0.25) is 11.8 Å². The minimum atomic E-state index is -1.02. The van der Waals surface area contributed by atoms with Crippen molar-refractivity contribution in [2.24, 2.45) is 0 Å². The summed E-state index contributed by atoms with van der Waals surface area (Å²) >= 11 is 0. The summed E-state index contributed by atoms with van der Waals surface area (Å²) in [6.07, 6.45) is 2.50. The summed E-state index contributed by atoms with van der Waals surface area (Å²) in [7, 11) is 0. The summed E-state index contributed by atoms with van der Waals surface area (Å²) in [6, 6.07) is 3.28. The number of benzene rings is 1. The molecule has 3 heterocycles. The average molecular weight is 412 g/mol. The number of fused-ring (bicyclic) bond motifs is 1. The van der Waals surface area contributed by atoms with E-state index in [9.17, 15) is 24.0 Å². The topological polar surface area (TPSA) is 116 Å². The summed E-state index contributed by atoms with van der Waals surface area (Å²) < 4.78 is 0. The molecule has 0 radical (unpaired) electrons. The average Bonchev–Trinajstić information content (AvgIpc) is 3.29. The fourth-order valence-corrected chi connectivity index (χ4v) is 4.32. The van der Waals surface area contributed by atoms with Crippen molar-refractivity contribution in [3.63, 3.8) is 0 Å². The highest BCUT2D eigenvalue weighted by Crippen LogP contribution is 2.28. The highest BCUT2D eigenvalue weighted by Gasteiger charge is 2.44. The van der Waals surface area contributed by atoms with Crippen LogP contribution < -0.4 is 10.6 Å². The third-order valence-electron chi connectivity index (χ3n) is 5.81. The Labute approximate surface area is 173 Å². The van der Waals surface area contributed by atoms with E-state index < -0.39 is 29.7 Å². The molecule has 2 fully saturated rings. The predicted molar refractivity (Wildman–Crippen MR) is 106 cm³/mol. The fourth-order valence-electron chi connectivity index (χ4n) is 4.32. The molecule has 2 saturated heterocycles. The maximum Gasteiger partial charge on any atom is 0.262 e. The Kier molecular flexibility index (Phi) is 5.38. The molecule has 0 saturated carbocycles. The van der Waals surface area contributed by atoms with Crippen molar-refractivity contribution in [2.75, 3.05) is 19.6 Å². The number of nitrogens with zero attached hydrogens (tertiary/aromatic N) is 2. The standard InChI is InChI=1S/C21H24N4O5/c1-12(11-24-8-2-3-9-24)22-18(27)13-4-5-14-15(10-13)21(30)25(20(14)29)16-6-7-17(26)23-19(16)28/h4-5,10,12,16H,2-3,6-9,11H2,1H3,(H,22,27)(H,23,26,28)/t12-,16?/m0/s1. The molecule has 5 amide bonds. The van der Waals surface area contributed by atoms with E-state index in [2.05, 4.69) is 15.5 Å². The zero-order valence-electron chi connectivity index (χ0n) is 16.8. The van der Waals surface area contributed by atoms with Crippen LogP contribution in [-0.2, 0) is 9.59 Å². The lowest BCUT2D eigenvalue weighted by molar-refractivity contribution is -0.136. The fraction of sp³-hybridized carbons (Fsp3) is 0.476. The SMILES string of the molecule is C[C@@H](CN1CCCC1)NC(=O)c1ccc2c(c1)C(=O)N(C1CCC(=O)NC1=O)C2=O. The van der Waals surface area contributed by atoms with E-state index >= 15 is 0 Å². The zero-order chi connectivity index (χ0) is 21.4. The van der Waals surface area contributed by atoms with Crippen LogP contribution in [0.3, 0.4) is 0 Å². The van der Waals surface area contributed by atoms with Crippen LogP contribution in [0.15, 0.2) is 18.2 Å². The Morgan fingerprint density at radius 1 is 1.13 bits per heavy atom. The normalized spacial score (nSPS) is 22.8. The maximum atomic E-state index is 12.9. The van der Waals surface area contributed by atoms with Gasteiger partial charge in [-0.2, -0.15) is 0 Å². The van der Waals surface area contributed by atoms with Crippen LogP contribution in [0.2, 0.25) is 0 Å². The summed E-state index contributed by atoms with van der Waals surface area (Å²) in [5, 5.41) is 5.10. The number of hydrogen-bond donors (Lipinski definition) is 2. The molecular formula is C21H24N4O5. The molecule has 2 N–H and O–H groups in total. The van der Waals surface area contributed by atoms with Crippen molar-refractivity contribution in [2.45, 2.75) is 44.7 Å². The van der Waals surface area contributed by atoms with E-state index in [1.54, 1.807) is 0 Å². The minimum Gasteiger partial charge on any atom is -0.348 e. The Hall–Kier alpha value is -3.07. The molecule has 158 valence electrons. The van der Waals surface area contributed by atoms with Gasteiger partial charge < -0.3 is 10.2 Å². The molecule has 30 heavy (non-hydrogen) atoms. The van der Waals surface area contributed by atoms with Crippen LogP contribution in [0.5, 0.6) is 0 Å². The Balaban J connectivity index is 1.48. The maximum absolute atomic E-state index is 12.9. The Morgan fingerprint density at radius 3 is 2.53 bits per heavy atom. The quantitative estimate of drug-likeness (QED) is 0.672. The molecule has 2 atom stereocenters. The van der Waals surface area contributed by atoms with Crippen molar-refractivity contribution >= 4 is 29.5 Å². The first-order chi connectivity index (χ1) is 14.3.